The molecular weight excluding hydrogens is 388 g/mol. The SMILES string of the molecule is CC1CCN(C(=O)COc2ccc(S(=O)(=O)N3CCCCC3)cc2Cl)CC1. The van der Waals surface area contributed by atoms with Crippen LogP contribution in [0.2, 0.25) is 5.02 Å². The van der Waals surface area contributed by atoms with Crippen LogP contribution in [0, 0.1) is 5.92 Å². The first-order valence-electron chi connectivity index (χ1n) is 9.58. The van der Waals surface area contributed by atoms with Crippen LogP contribution in [0.3, 0.4) is 0 Å². The number of carbonyl (C=O) groups excluding carboxylic acids is 1. The average molecular weight is 415 g/mol. The van der Waals surface area contributed by atoms with Gasteiger partial charge in [0.25, 0.3) is 5.91 Å². The maximum absolute atomic E-state index is 12.7. The topological polar surface area (TPSA) is 66.9 Å². The summed E-state index contributed by atoms with van der Waals surface area (Å²) in [4.78, 5) is 14.3. The molecule has 0 atom stereocenters. The van der Waals surface area contributed by atoms with Gasteiger partial charge >= 0.3 is 0 Å². The lowest BCUT2D eigenvalue weighted by atomic mass is 9.99. The van der Waals surface area contributed by atoms with Gasteiger partial charge in [-0.1, -0.05) is 24.9 Å². The number of benzene rings is 1. The van der Waals surface area contributed by atoms with E-state index in [9.17, 15) is 13.2 Å². The molecule has 0 aliphatic carbocycles. The molecule has 0 radical (unpaired) electrons. The van der Waals surface area contributed by atoms with Crippen LogP contribution in [0.25, 0.3) is 0 Å². The summed E-state index contributed by atoms with van der Waals surface area (Å²) in [7, 11) is -3.54. The Labute approximate surface area is 166 Å². The molecule has 6 nitrogen and oxygen atoms in total. The highest BCUT2D eigenvalue weighted by Crippen LogP contribution is 2.30. The minimum absolute atomic E-state index is 0.0667. The molecule has 27 heavy (non-hydrogen) atoms. The summed E-state index contributed by atoms with van der Waals surface area (Å²) in [6.45, 7) is 4.69. The van der Waals surface area contributed by atoms with Gasteiger partial charge in [0.15, 0.2) is 6.61 Å². The molecule has 8 heteroatoms. The molecule has 2 saturated heterocycles. The van der Waals surface area contributed by atoms with Gasteiger partial charge in [0, 0.05) is 26.2 Å². The van der Waals surface area contributed by atoms with Gasteiger partial charge in [-0.2, -0.15) is 4.31 Å². The van der Waals surface area contributed by atoms with Crippen molar-refractivity contribution >= 4 is 27.5 Å². The van der Waals surface area contributed by atoms with Crippen molar-refractivity contribution in [2.75, 3.05) is 32.8 Å². The Morgan fingerprint density at radius 2 is 1.81 bits per heavy atom. The highest BCUT2D eigenvalue weighted by Gasteiger charge is 2.27. The number of likely N-dealkylation sites (tertiary alicyclic amines) is 1. The van der Waals surface area contributed by atoms with Crippen LogP contribution in [-0.4, -0.2) is 56.3 Å². The normalized spacial score (nSPS) is 19.9. The smallest absolute Gasteiger partial charge is 0.260 e. The molecule has 0 aromatic heterocycles. The van der Waals surface area contributed by atoms with E-state index in [-0.39, 0.29) is 22.4 Å². The summed E-state index contributed by atoms with van der Waals surface area (Å²) >= 11 is 6.23. The van der Waals surface area contributed by atoms with Gasteiger partial charge in [-0.3, -0.25) is 4.79 Å². The number of sulfonamides is 1. The Balaban J connectivity index is 1.62. The van der Waals surface area contributed by atoms with Gasteiger partial charge in [-0.05, 0) is 49.8 Å². The molecule has 1 aromatic carbocycles. The molecule has 1 amide bonds. The molecule has 3 rings (SSSR count). The fourth-order valence-corrected chi connectivity index (χ4v) is 5.35. The maximum Gasteiger partial charge on any atom is 0.260 e. The van der Waals surface area contributed by atoms with Crippen molar-refractivity contribution in [1.29, 1.82) is 0 Å². The highest BCUT2D eigenvalue weighted by atomic mass is 35.5. The second kappa shape index (κ2) is 8.80. The fourth-order valence-electron chi connectivity index (χ4n) is 3.50. The lowest BCUT2D eigenvalue weighted by Crippen LogP contribution is -2.40. The van der Waals surface area contributed by atoms with Crippen molar-refractivity contribution in [1.82, 2.24) is 9.21 Å². The van der Waals surface area contributed by atoms with Crippen LogP contribution in [0.15, 0.2) is 23.1 Å². The van der Waals surface area contributed by atoms with Crippen LogP contribution in [0.5, 0.6) is 5.75 Å². The van der Waals surface area contributed by atoms with E-state index >= 15 is 0 Å². The van der Waals surface area contributed by atoms with E-state index in [2.05, 4.69) is 6.92 Å². The van der Waals surface area contributed by atoms with E-state index in [1.54, 1.807) is 0 Å². The average Bonchev–Trinajstić information content (AvgIpc) is 2.68. The molecule has 2 fully saturated rings. The first-order chi connectivity index (χ1) is 12.9. The Bertz CT molecular complexity index is 770. The number of amides is 1. The van der Waals surface area contributed by atoms with Gasteiger partial charge in [-0.25, -0.2) is 8.42 Å². The molecule has 0 saturated carbocycles. The quantitative estimate of drug-likeness (QED) is 0.742. The molecule has 0 bridgehead atoms. The molecule has 1 aromatic rings. The molecule has 0 unspecified atom stereocenters. The van der Waals surface area contributed by atoms with E-state index < -0.39 is 10.0 Å². The minimum atomic E-state index is -3.54. The molecule has 2 aliphatic heterocycles. The maximum atomic E-state index is 12.7. The Morgan fingerprint density at radius 3 is 2.44 bits per heavy atom. The Morgan fingerprint density at radius 1 is 1.15 bits per heavy atom. The number of carbonyl (C=O) groups is 1. The zero-order valence-corrected chi connectivity index (χ0v) is 17.3. The summed E-state index contributed by atoms with van der Waals surface area (Å²) in [6, 6.07) is 4.44. The Hall–Kier alpha value is -1.31. The minimum Gasteiger partial charge on any atom is -0.482 e. The number of hydrogen-bond donors (Lipinski definition) is 0. The lowest BCUT2D eigenvalue weighted by Gasteiger charge is -2.30. The largest absolute Gasteiger partial charge is 0.482 e. The molecule has 150 valence electrons. The van der Waals surface area contributed by atoms with E-state index in [4.69, 9.17) is 16.3 Å². The number of rotatable bonds is 5. The summed E-state index contributed by atoms with van der Waals surface area (Å²) in [5.74, 6) is 0.912. The van der Waals surface area contributed by atoms with E-state index in [0.717, 1.165) is 45.2 Å². The van der Waals surface area contributed by atoms with Gasteiger partial charge in [0.2, 0.25) is 10.0 Å². The third-order valence-electron chi connectivity index (χ3n) is 5.34. The van der Waals surface area contributed by atoms with Crippen molar-refractivity contribution in [2.45, 2.75) is 43.9 Å². The zero-order chi connectivity index (χ0) is 19.4. The van der Waals surface area contributed by atoms with Gasteiger partial charge in [-0.15, -0.1) is 0 Å². The Kier molecular flexibility index (Phi) is 6.65. The predicted octanol–water partition coefficient (Wildman–Crippen LogP) is 3.15. The van der Waals surface area contributed by atoms with Crippen LogP contribution >= 0.6 is 11.6 Å². The number of hydrogen-bond acceptors (Lipinski definition) is 4. The molecule has 0 N–H and O–H groups in total. The molecule has 2 aliphatic rings. The molecule has 2 heterocycles. The fraction of sp³-hybridized carbons (Fsp3) is 0.632. The monoisotopic (exact) mass is 414 g/mol. The van der Waals surface area contributed by atoms with Crippen molar-refractivity contribution in [2.24, 2.45) is 5.92 Å². The summed E-state index contributed by atoms with van der Waals surface area (Å²) in [5.41, 5.74) is 0. The van der Waals surface area contributed by atoms with E-state index in [0.29, 0.717) is 24.8 Å². The number of piperidine rings is 2. The zero-order valence-electron chi connectivity index (χ0n) is 15.7. The van der Waals surface area contributed by atoms with Crippen LogP contribution in [-0.2, 0) is 14.8 Å². The first-order valence-corrected chi connectivity index (χ1v) is 11.4. The predicted molar refractivity (Wildman–Crippen MR) is 105 cm³/mol. The lowest BCUT2D eigenvalue weighted by molar-refractivity contribution is -0.134. The van der Waals surface area contributed by atoms with Crippen LogP contribution in [0.1, 0.15) is 39.0 Å². The van der Waals surface area contributed by atoms with Crippen molar-refractivity contribution in [3.8, 4) is 5.75 Å². The van der Waals surface area contributed by atoms with Crippen LogP contribution < -0.4 is 4.74 Å². The number of nitrogens with zero attached hydrogens (tertiary/aromatic N) is 2. The van der Waals surface area contributed by atoms with E-state index in [1.165, 1.54) is 22.5 Å². The van der Waals surface area contributed by atoms with Crippen molar-refractivity contribution in [3.63, 3.8) is 0 Å². The van der Waals surface area contributed by atoms with Gasteiger partial charge < -0.3 is 9.64 Å². The second-order valence-corrected chi connectivity index (χ2v) is 9.75. The molecule has 0 spiro atoms. The van der Waals surface area contributed by atoms with Gasteiger partial charge in [0.05, 0.1) is 9.92 Å². The third kappa shape index (κ3) is 4.95. The summed E-state index contributed by atoms with van der Waals surface area (Å²) < 4.78 is 32.5. The summed E-state index contributed by atoms with van der Waals surface area (Å²) in [6.07, 6.45) is 4.84. The van der Waals surface area contributed by atoms with Crippen LogP contribution in [0.4, 0.5) is 0 Å². The molecular formula is C19H27ClN2O4S. The number of ether oxygens (including phenoxy) is 1. The second-order valence-electron chi connectivity index (χ2n) is 7.41. The first kappa shape index (κ1) is 20.4. The number of halogens is 1. The van der Waals surface area contributed by atoms with Crippen molar-refractivity contribution < 1.29 is 17.9 Å². The third-order valence-corrected chi connectivity index (χ3v) is 7.53. The van der Waals surface area contributed by atoms with Crippen molar-refractivity contribution in [3.05, 3.63) is 23.2 Å². The summed E-state index contributed by atoms with van der Waals surface area (Å²) in [5, 5.41) is 0.202. The highest BCUT2D eigenvalue weighted by molar-refractivity contribution is 7.89. The van der Waals surface area contributed by atoms with Gasteiger partial charge in [0.1, 0.15) is 5.75 Å². The standard InChI is InChI=1S/C19H27ClN2O4S/c1-15-7-11-21(12-8-15)19(23)14-26-18-6-5-16(13-17(18)20)27(24,25)22-9-3-2-4-10-22/h5-6,13,15H,2-4,7-12,14H2,1H3. The van der Waals surface area contributed by atoms with E-state index in [1.807, 2.05) is 4.90 Å².